The normalized spacial score (nSPS) is 15.8. The summed E-state index contributed by atoms with van der Waals surface area (Å²) in [6.07, 6.45) is 5.90. The van der Waals surface area contributed by atoms with E-state index in [4.69, 9.17) is 4.74 Å². The summed E-state index contributed by atoms with van der Waals surface area (Å²) in [6.45, 7) is 3.19. The van der Waals surface area contributed by atoms with Crippen molar-refractivity contribution >= 4 is 5.78 Å². The Bertz CT molecular complexity index is 326. The molecule has 0 unspecified atom stereocenters. The molecular formula is C11H15NO2. The van der Waals surface area contributed by atoms with Crippen LogP contribution in [0, 0.1) is 5.92 Å². The van der Waals surface area contributed by atoms with Gasteiger partial charge >= 0.3 is 0 Å². The first-order valence-electron chi connectivity index (χ1n) is 5.09. The Labute approximate surface area is 83.7 Å². The van der Waals surface area contributed by atoms with Crippen LogP contribution >= 0.6 is 0 Å². The number of carbonyl (C=O) groups excluding carboxylic acids is 1. The van der Waals surface area contributed by atoms with Gasteiger partial charge in [0.1, 0.15) is 6.73 Å². The number of nitrogens with zero attached hydrogens (tertiary/aromatic N) is 1. The SMILES string of the molecule is CCOCn1ccc(C(=O)C2CC2)c1. The van der Waals surface area contributed by atoms with E-state index in [0.717, 1.165) is 18.4 Å². The van der Waals surface area contributed by atoms with Crippen molar-refractivity contribution in [1.29, 1.82) is 0 Å². The van der Waals surface area contributed by atoms with Crippen molar-refractivity contribution in [2.75, 3.05) is 6.61 Å². The first kappa shape index (κ1) is 9.46. The molecule has 1 saturated carbocycles. The maximum Gasteiger partial charge on any atom is 0.167 e. The number of Topliss-reactive ketones (excluding diaryl/α,β-unsaturated/α-hetero) is 1. The first-order valence-corrected chi connectivity index (χ1v) is 5.09. The van der Waals surface area contributed by atoms with Crippen LogP contribution < -0.4 is 0 Å². The van der Waals surface area contributed by atoms with Crippen LogP contribution in [0.15, 0.2) is 18.5 Å². The van der Waals surface area contributed by atoms with Crippen molar-refractivity contribution < 1.29 is 9.53 Å². The van der Waals surface area contributed by atoms with E-state index in [-0.39, 0.29) is 0 Å². The molecule has 3 nitrogen and oxygen atoms in total. The molecule has 3 heteroatoms. The molecule has 0 aliphatic heterocycles. The molecule has 0 aromatic carbocycles. The molecule has 1 aliphatic carbocycles. The van der Waals surface area contributed by atoms with Crippen LogP contribution in [0.1, 0.15) is 30.1 Å². The topological polar surface area (TPSA) is 31.2 Å². The highest BCUT2D eigenvalue weighted by molar-refractivity contribution is 5.99. The predicted octanol–water partition coefficient (Wildman–Crippen LogP) is 2.07. The molecule has 0 N–H and O–H groups in total. The first-order chi connectivity index (χ1) is 6.81. The van der Waals surface area contributed by atoms with Gasteiger partial charge in [0.15, 0.2) is 5.78 Å². The van der Waals surface area contributed by atoms with Gasteiger partial charge in [-0.25, -0.2) is 0 Å². The lowest BCUT2D eigenvalue weighted by Crippen LogP contribution is -2.01. The number of ether oxygens (including phenoxy) is 1. The molecule has 76 valence electrons. The molecule has 0 spiro atoms. The highest BCUT2D eigenvalue weighted by Crippen LogP contribution is 2.32. The van der Waals surface area contributed by atoms with Gasteiger partial charge < -0.3 is 9.30 Å². The average Bonchev–Trinajstić information content (AvgIpc) is 2.94. The minimum absolute atomic E-state index is 0.292. The Balaban J connectivity index is 1.98. The Morgan fingerprint density at radius 3 is 3.07 bits per heavy atom. The summed E-state index contributed by atoms with van der Waals surface area (Å²) in [5, 5.41) is 0. The lowest BCUT2D eigenvalue weighted by molar-refractivity contribution is 0.0877. The number of ketones is 1. The van der Waals surface area contributed by atoms with Crippen LogP contribution in [-0.4, -0.2) is 17.0 Å². The van der Waals surface area contributed by atoms with E-state index in [2.05, 4.69) is 0 Å². The minimum Gasteiger partial charge on any atom is -0.361 e. The largest absolute Gasteiger partial charge is 0.361 e. The fraction of sp³-hybridized carbons (Fsp3) is 0.545. The summed E-state index contributed by atoms with van der Waals surface area (Å²) < 4.78 is 7.14. The second kappa shape index (κ2) is 3.96. The Kier molecular flexibility index (Phi) is 2.68. The fourth-order valence-corrected chi connectivity index (χ4v) is 1.44. The third-order valence-corrected chi connectivity index (χ3v) is 2.43. The second-order valence-corrected chi connectivity index (χ2v) is 3.67. The van der Waals surface area contributed by atoms with Gasteiger partial charge in [-0.3, -0.25) is 4.79 Å². The third kappa shape index (κ3) is 2.04. The van der Waals surface area contributed by atoms with E-state index in [1.165, 1.54) is 0 Å². The van der Waals surface area contributed by atoms with Gasteiger partial charge in [-0.15, -0.1) is 0 Å². The quantitative estimate of drug-likeness (QED) is 0.670. The van der Waals surface area contributed by atoms with Crippen molar-refractivity contribution in [3.8, 4) is 0 Å². The molecule has 0 radical (unpaired) electrons. The van der Waals surface area contributed by atoms with Gasteiger partial charge in [0.05, 0.1) is 0 Å². The van der Waals surface area contributed by atoms with Crippen molar-refractivity contribution in [3.05, 3.63) is 24.0 Å². The summed E-state index contributed by atoms with van der Waals surface area (Å²) in [5.41, 5.74) is 0.826. The van der Waals surface area contributed by atoms with Gasteiger partial charge in [0.2, 0.25) is 0 Å². The molecule has 1 fully saturated rings. The van der Waals surface area contributed by atoms with Gasteiger partial charge in [0.25, 0.3) is 0 Å². The summed E-state index contributed by atoms with van der Waals surface area (Å²) in [5.74, 6) is 0.596. The molecule has 0 atom stereocenters. The van der Waals surface area contributed by atoms with E-state index in [9.17, 15) is 4.79 Å². The van der Waals surface area contributed by atoms with E-state index in [1.54, 1.807) is 0 Å². The van der Waals surface area contributed by atoms with Crippen LogP contribution in [0.4, 0.5) is 0 Å². The zero-order valence-electron chi connectivity index (χ0n) is 8.40. The lowest BCUT2D eigenvalue weighted by Gasteiger charge is -2.01. The predicted molar refractivity (Wildman–Crippen MR) is 53.1 cm³/mol. The summed E-state index contributed by atoms with van der Waals surface area (Å²) in [6, 6.07) is 1.87. The van der Waals surface area contributed by atoms with Gasteiger partial charge in [-0.2, -0.15) is 0 Å². The van der Waals surface area contributed by atoms with E-state index >= 15 is 0 Å². The number of aromatic nitrogens is 1. The number of rotatable bonds is 5. The minimum atomic E-state index is 0.292. The highest BCUT2D eigenvalue weighted by atomic mass is 16.5. The zero-order chi connectivity index (χ0) is 9.97. The third-order valence-electron chi connectivity index (χ3n) is 2.43. The molecule has 0 bridgehead atoms. The van der Waals surface area contributed by atoms with Crippen molar-refractivity contribution in [2.24, 2.45) is 5.92 Å². The van der Waals surface area contributed by atoms with E-state index in [0.29, 0.717) is 25.0 Å². The lowest BCUT2D eigenvalue weighted by atomic mass is 10.1. The maximum atomic E-state index is 11.6. The molecule has 0 saturated heterocycles. The molecule has 1 aromatic heterocycles. The number of hydrogen-bond donors (Lipinski definition) is 0. The summed E-state index contributed by atoms with van der Waals surface area (Å²) in [7, 11) is 0. The standard InChI is InChI=1S/C11H15NO2/c1-2-14-8-12-6-5-10(7-12)11(13)9-3-4-9/h5-7,9H,2-4,8H2,1H3. The second-order valence-electron chi connectivity index (χ2n) is 3.67. The Morgan fingerprint density at radius 2 is 2.43 bits per heavy atom. The van der Waals surface area contributed by atoms with Crippen LogP contribution in [-0.2, 0) is 11.5 Å². The Hall–Kier alpha value is -1.09. The molecule has 0 amide bonds. The fourth-order valence-electron chi connectivity index (χ4n) is 1.44. The monoisotopic (exact) mass is 193 g/mol. The van der Waals surface area contributed by atoms with Crippen molar-refractivity contribution in [2.45, 2.75) is 26.5 Å². The van der Waals surface area contributed by atoms with E-state index in [1.807, 2.05) is 30.0 Å². The number of carbonyl (C=O) groups is 1. The maximum absolute atomic E-state index is 11.6. The van der Waals surface area contributed by atoms with Crippen LogP contribution in [0.3, 0.4) is 0 Å². The Morgan fingerprint density at radius 1 is 1.64 bits per heavy atom. The van der Waals surface area contributed by atoms with Crippen LogP contribution in [0.2, 0.25) is 0 Å². The van der Waals surface area contributed by atoms with Gasteiger partial charge in [0, 0.05) is 30.5 Å². The van der Waals surface area contributed by atoms with Crippen molar-refractivity contribution in [3.63, 3.8) is 0 Å². The molecule has 1 aromatic rings. The summed E-state index contributed by atoms with van der Waals surface area (Å²) >= 11 is 0. The van der Waals surface area contributed by atoms with Crippen LogP contribution in [0.5, 0.6) is 0 Å². The molecular weight excluding hydrogens is 178 g/mol. The van der Waals surface area contributed by atoms with Crippen molar-refractivity contribution in [1.82, 2.24) is 4.57 Å². The summed E-state index contributed by atoms with van der Waals surface area (Å²) in [4.78, 5) is 11.6. The van der Waals surface area contributed by atoms with Gasteiger partial charge in [-0.05, 0) is 25.8 Å². The molecule has 14 heavy (non-hydrogen) atoms. The molecule has 1 heterocycles. The zero-order valence-corrected chi connectivity index (χ0v) is 8.40. The highest BCUT2D eigenvalue weighted by Gasteiger charge is 2.30. The number of hydrogen-bond acceptors (Lipinski definition) is 2. The van der Waals surface area contributed by atoms with E-state index < -0.39 is 0 Å². The smallest absolute Gasteiger partial charge is 0.167 e. The average molecular weight is 193 g/mol. The molecule has 1 aliphatic rings. The molecule has 2 rings (SSSR count). The van der Waals surface area contributed by atoms with Gasteiger partial charge in [-0.1, -0.05) is 0 Å². The van der Waals surface area contributed by atoms with Crippen LogP contribution in [0.25, 0.3) is 0 Å².